The zero-order valence-corrected chi connectivity index (χ0v) is 10.7. The van der Waals surface area contributed by atoms with E-state index in [0.29, 0.717) is 0 Å². The molecule has 0 unspecified atom stereocenters. The second-order valence-electron chi connectivity index (χ2n) is 3.55. The Balaban J connectivity index is 2.59. The van der Waals surface area contributed by atoms with Gasteiger partial charge >= 0.3 is 0 Å². The van der Waals surface area contributed by atoms with E-state index < -0.39 is 0 Å². The van der Waals surface area contributed by atoms with Crippen molar-refractivity contribution in [1.82, 2.24) is 14.8 Å². The largest absolute Gasteiger partial charge is 0.392 e. The minimum absolute atomic E-state index is 0.0207. The van der Waals surface area contributed by atoms with E-state index in [1.807, 2.05) is 32.0 Å². The highest BCUT2D eigenvalue weighted by molar-refractivity contribution is 9.10. The molecule has 0 amide bonds. The predicted molar refractivity (Wildman–Crippen MR) is 64.5 cm³/mol. The molecule has 2 rings (SSSR count). The quantitative estimate of drug-likeness (QED) is 0.918. The first-order chi connectivity index (χ1) is 7.61. The van der Waals surface area contributed by atoms with Crippen molar-refractivity contribution in [3.8, 4) is 5.69 Å². The summed E-state index contributed by atoms with van der Waals surface area (Å²) in [7, 11) is 0. The molecule has 1 aromatic heterocycles. The van der Waals surface area contributed by atoms with Crippen LogP contribution in [0.4, 0.5) is 0 Å². The number of halogens is 1. The highest BCUT2D eigenvalue weighted by Crippen LogP contribution is 2.20. The third-order valence-corrected chi connectivity index (χ3v) is 2.81. The van der Waals surface area contributed by atoms with E-state index in [0.717, 1.165) is 27.4 Å². The topological polar surface area (TPSA) is 50.9 Å². The van der Waals surface area contributed by atoms with Crippen molar-refractivity contribution in [3.05, 3.63) is 39.9 Å². The third kappa shape index (κ3) is 2.01. The molecule has 4 nitrogen and oxygen atoms in total. The van der Waals surface area contributed by atoms with Gasteiger partial charge in [-0.3, -0.25) is 0 Å². The van der Waals surface area contributed by atoms with Crippen molar-refractivity contribution < 1.29 is 5.11 Å². The Labute approximate surface area is 102 Å². The molecule has 84 valence electrons. The molecule has 0 radical (unpaired) electrons. The number of hydrogen-bond acceptors (Lipinski definition) is 3. The molecule has 0 aliphatic rings. The smallest absolute Gasteiger partial charge is 0.148 e. The number of benzene rings is 1. The van der Waals surface area contributed by atoms with Crippen LogP contribution in [-0.2, 0) is 6.61 Å². The lowest BCUT2D eigenvalue weighted by Gasteiger charge is -2.08. The van der Waals surface area contributed by atoms with E-state index in [1.165, 1.54) is 0 Å². The highest BCUT2D eigenvalue weighted by Gasteiger charge is 2.09. The van der Waals surface area contributed by atoms with Gasteiger partial charge in [0.1, 0.15) is 11.6 Å². The summed E-state index contributed by atoms with van der Waals surface area (Å²) >= 11 is 3.38. The second-order valence-corrected chi connectivity index (χ2v) is 4.46. The number of aryl methyl sites for hydroxylation is 2. The highest BCUT2D eigenvalue weighted by atomic mass is 79.9. The Morgan fingerprint density at radius 3 is 2.69 bits per heavy atom. The molecule has 0 aliphatic heterocycles. The average molecular weight is 282 g/mol. The number of aliphatic hydroxyl groups excluding tert-OH is 1. The van der Waals surface area contributed by atoms with Crippen LogP contribution in [0.15, 0.2) is 22.7 Å². The van der Waals surface area contributed by atoms with E-state index in [-0.39, 0.29) is 6.61 Å². The first kappa shape index (κ1) is 11.3. The van der Waals surface area contributed by atoms with Crippen molar-refractivity contribution in [2.24, 2.45) is 0 Å². The lowest BCUT2D eigenvalue weighted by molar-refractivity contribution is 0.281. The van der Waals surface area contributed by atoms with Gasteiger partial charge in [-0.15, -0.1) is 0 Å². The van der Waals surface area contributed by atoms with Gasteiger partial charge in [0.2, 0.25) is 0 Å². The molecule has 1 aromatic carbocycles. The minimum atomic E-state index is -0.0207. The number of aromatic nitrogens is 3. The zero-order valence-electron chi connectivity index (χ0n) is 9.11. The maximum atomic E-state index is 9.32. The van der Waals surface area contributed by atoms with Crippen molar-refractivity contribution in [3.63, 3.8) is 0 Å². The molecule has 0 bridgehead atoms. The maximum Gasteiger partial charge on any atom is 0.148 e. The summed E-state index contributed by atoms with van der Waals surface area (Å²) in [6, 6.07) is 5.72. The standard InChI is InChI=1S/C11H12BrN3O/c1-7-13-8(2)15(14-7)11-4-3-10(12)5-9(11)6-16/h3-5,16H,6H2,1-2H3. The van der Waals surface area contributed by atoms with Gasteiger partial charge < -0.3 is 5.11 Å². The average Bonchev–Trinajstić information content (AvgIpc) is 2.57. The van der Waals surface area contributed by atoms with Crippen molar-refractivity contribution >= 4 is 15.9 Å². The molecule has 2 aromatic rings. The predicted octanol–water partition coefficient (Wildman–Crippen LogP) is 2.14. The number of hydrogen-bond donors (Lipinski definition) is 1. The van der Waals surface area contributed by atoms with E-state index in [2.05, 4.69) is 26.0 Å². The molecule has 0 spiro atoms. The Kier molecular flexibility index (Phi) is 3.07. The molecule has 0 aliphatic carbocycles. The molecule has 1 heterocycles. The fraction of sp³-hybridized carbons (Fsp3) is 0.273. The summed E-state index contributed by atoms with van der Waals surface area (Å²) in [5.74, 6) is 1.54. The van der Waals surface area contributed by atoms with E-state index in [1.54, 1.807) is 4.68 Å². The number of rotatable bonds is 2. The SMILES string of the molecule is Cc1nc(C)n(-c2ccc(Br)cc2CO)n1. The summed E-state index contributed by atoms with van der Waals surface area (Å²) < 4.78 is 2.68. The normalized spacial score (nSPS) is 10.8. The van der Waals surface area contributed by atoms with Gasteiger partial charge in [0.25, 0.3) is 0 Å². The van der Waals surface area contributed by atoms with Crippen molar-refractivity contribution in [1.29, 1.82) is 0 Å². The van der Waals surface area contributed by atoms with E-state index >= 15 is 0 Å². The molecule has 0 fully saturated rings. The first-order valence-corrected chi connectivity index (χ1v) is 5.71. The summed E-state index contributed by atoms with van der Waals surface area (Å²) in [4.78, 5) is 4.24. The van der Waals surface area contributed by atoms with Crippen LogP contribution in [0, 0.1) is 13.8 Å². The molecule has 1 N–H and O–H groups in total. The van der Waals surface area contributed by atoms with Crippen LogP contribution in [0.25, 0.3) is 5.69 Å². The third-order valence-electron chi connectivity index (χ3n) is 2.31. The van der Waals surface area contributed by atoms with Crippen LogP contribution in [0.5, 0.6) is 0 Å². The van der Waals surface area contributed by atoms with Crippen LogP contribution in [0.3, 0.4) is 0 Å². The van der Waals surface area contributed by atoms with Gasteiger partial charge in [0.15, 0.2) is 0 Å². The molecule has 0 saturated carbocycles. The lowest BCUT2D eigenvalue weighted by atomic mass is 10.2. The van der Waals surface area contributed by atoms with Crippen LogP contribution >= 0.6 is 15.9 Å². The number of aliphatic hydroxyl groups is 1. The summed E-state index contributed by atoms with van der Waals surface area (Å²) in [5.41, 5.74) is 1.69. The molecule has 16 heavy (non-hydrogen) atoms. The van der Waals surface area contributed by atoms with Gasteiger partial charge in [0, 0.05) is 10.0 Å². The van der Waals surface area contributed by atoms with E-state index in [4.69, 9.17) is 0 Å². The van der Waals surface area contributed by atoms with Crippen molar-refractivity contribution in [2.75, 3.05) is 0 Å². The molecule has 0 saturated heterocycles. The van der Waals surface area contributed by atoms with E-state index in [9.17, 15) is 5.11 Å². The van der Waals surface area contributed by atoms with Crippen LogP contribution in [-0.4, -0.2) is 19.9 Å². The maximum absolute atomic E-state index is 9.32. The fourth-order valence-electron chi connectivity index (χ4n) is 1.64. The summed E-state index contributed by atoms with van der Waals surface area (Å²) in [6.07, 6.45) is 0. The Bertz CT molecular complexity index is 522. The number of nitrogens with zero attached hydrogens (tertiary/aromatic N) is 3. The van der Waals surface area contributed by atoms with Gasteiger partial charge in [-0.1, -0.05) is 15.9 Å². The second kappa shape index (κ2) is 4.35. The Morgan fingerprint density at radius 1 is 1.38 bits per heavy atom. The Morgan fingerprint density at radius 2 is 2.12 bits per heavy atom. The first-order valence-electron chi connectivity index (χ1n) is 4.91. The zero-order chi connectivity index (χ0) is 11.7. The van der Waals surface area contributed by atoms with Gasteiger partial charge in [-0.25, -0.2) is 9.67 Å². The molecular formula is C11H12BrN3O. The van der Waals surface area contributed by atoms with Crippen molar-refractivity contribution in [2.45, 2.75) is 20.5 Å². The van der Waals surface area contributed by atoms with Crippen LogP contribution in [0.2, 0.25) is 0 Å². The fourth-order valence-corrected chi connectivity index (χ4v) is 2.05. The van der Waals surface area contributed by atoms with Gasteiger partial charge in [0.05, 0.1) is 12.3 Å². The minimum Gasteiger partial charge on any atom is -0.392 e. The summed E-state index contributed by atoms with van der Waals surface area (Å²) in [6.45, 7) is 3.72. The van der Waals surface area contributed by atoms with Gasteiger partial charge in [-0.2, -0.15) is 5.10 Å². The molecule has 5 heteroatoms. The monoisotopic (exact) mass is 281 g/mol. The molecular weight excluding hydrogens is 270 g/mol. The van der Waals surface area contributed by atoms with Gasteiger partial charge in [-0.05, 0) is 32.0 Å². The van der Waals surface area contributed by atoms with Crippen LogP contribution < -0.4 is 0 Å². The summed E-state index contributed by atoms with van der Waals surface area (Å²) in [5, 5.41) is 13.6. The molecule has 0 atom stereocenters. The lowest BCUT2D eigenvalue weighted by Crippen LogP contribution is -2.03. The Hall–Kier alpha value is -1.20. The van der Waals surface area contributed by atoms with Crippen LogP contribution in [0.1, 0.15) is 17.2 Å².